The molecule has 0 fully saturated rings. The molecule has 0 aliphatic carbocycles. The van der Waals surface area contributed by atoms with E-state index < -0.39 is 15.8 Å². The molecule has 0 saturated heterocycles. The summed E-state index contributed by atoms with van der Waals surface area (Å²) in [7, 11) is -3.87. The molecular weight excluding hydrogens is 245 g/mol. The lowest BCUT2D eigenvalue weighted by Crippen LogP contribution is -2.29. The van der Waals surface area contributed by atoms with Gasteiger partial charge in [-0.3, -0.25) is 0 Å². The van der Waals surface area contributed by atoms with Crippen LogP contribution in [0, 0.1) is 5.82 Å². The van der Waals surface area contributed by atoms with Crippen molar-refractivity contribution in [3.05, 3.63) is 24.0 Å². The maximum Gasteiger partial charge on any atom is 0.238 e. The zero-order valence-corrected chi connectivity index (χ0v) is 10.4. The Morgan fingerprint density at radius 1 is 1.41 bits per heavy atom. The number of hydrogen-bond donors (Lipinski definition) is 2. The highest BCUT2D eigenvalue weighted by Crippen LogP contribution is 2.21. The van der Waals surface area contributed by atoms with Crippen molar-refractivity contribution in [1.29, 1.82) is 0 Å². The van der Waals surface area contributed by atoms with E-state index in [0.29, 0.717) is 25.3 Å². The Bertz CT molecular complexity index is 490. The lowest BCUT2D eigenvalue weighted by molar-refractivity contribution is 0.591. The first kappa shape index (κ1) is 13.9. The second-order valence-corrected chi connectivity index (χ2v) is 5.09. The van der Waals surface area contributed by atoms with Crippen molar-refractivity contribution in [3.8, 4) is 0 Å². The van der Waals surface area contributed by atoms with E-state index >= 15 is 0 Å². The minimum atomic E-state index is -3.87. The molecule has 1 rings (SSSR count). The number of nitrogens with zero attached hydrogens (tertiary/aromatic N) is 1. The van der Waals surface area contributed by atoms with Gasteiger partial charge in [-0.25, -0.2) is 17.9 Å². The number of anilines is 1. The van der Waals surface area contributed by atoms with Crippen LogP contribution >= 0.6 is 0 Å². The van der Waals surface area contributed by atoms with Crippen LogP contribution in [0.15, 0.2) is 23.1 Å². The van der Waals surface area contributed by atoms with Crippen LogP contribution in [0.3, 0.4) is 0 Å². The second kappa shape index (κ2) is 5.44. The van der Waals surface area contributed by atoms with Crippen molar-refractivity contribution >= 4 is 15.7 Å². The molecule has 4 N–H and O–H groups in total. The first-order valence-electron chi connectivity index (χ1n) is 5.17. The van der Waals surface area contributed by atoms with Crippen molar-refractivity contribution < 1.29 is 12.8 Å². The van der Waals surface area contributed by atoms with E-state index in [4.69, 9.17) is 10.9 Å². The molecule has 1 aromatic carbocycles. The normalized spacial score (nSPS) is 11.5. The highest BCUT2D eigenvalue weighted by molar-refractivity contribution is 7.89. The van der Waals surface area contributed by atoms with Gasteiger partial charge in [0.15, 0.2) is 0 Å². The summed E-state index contributed by atoms with van der Waals surface area (Å²) in [5, 5.41) is 4.91. The third-order valence-electron chi connectivity index (χ3n) is 2.37. The predicted molar refractivity (Wildman–Crippen MR) is 64.7 cm³/mol. The van der Waals surface area contributed by atoms with E-state index in [2.05, 4.69) is 0 Å². The van der Waals surface area contributed by atoms with Gasteiger partial charge in [-0.1, -0.05) is 0 Å². The van der Waals surface area contributed by atoms with Crippen molar-refractivity contribution in [2.45, 2.75) is 11.8 Å². The summed E-state index contributed by atoms with van der Waals surface area (Å²) in [4.78, 5) is 1.49. The molecule has 5 nitrogen and oxygen atoms in total. The smallest absolute Gasteiger partial charge is 0.238 e. The molecule has 0 saturated carbocycles. The quantitative estimate of drug-likeness (QED) is 0.795. The van der Waals surface area contributed by atoms with E-state index in [1.807, 2.05) is 6.92 Å². The van der Waals surface area contributed by atoms with Crippen LogP contribution in [-0.2, 0) is 10.0 Å². The van der Waals surface area contributed by atoms with Crippen LogP contribution in [0.25, 0.3) is 0 Å². The van der Waals surface area contributed by atoms with Gasteiger partial charge in [-0.15, -0.1) is 0 Å². The first-order valence-corrected chi connectivity index (χ1v) is 6.72. The first-order chi connectivity index (χ1) is 7.90. The van der Waals surface area contributed by atoms with Crippen LogP contribution < -0.4 is 15.8 Å². The van der Waals surface area contributed by atoms with Gasteiger partial charge in [-0.05, 0) is 25.1 Å². The van der Waals surface area contributed by atoms with Gasteiger partial charge >= 0.3 is 0 Å². The van der Waals surface area contributed by atoms with Gasteiger partial charge < -0.3 is 10.6 Å². The average molecular weight is 261 g/mol. The molecule has 7 heteroatoms. The predicted octanol–water partition coefficient (Wildman–Crippen LogP) is 0.258. The molecule has 0 heterocycles. The summed E-state index contributed by atoms with van der Waals surface area (Å²) in [5.74, 6) is -0.619. The summed E-state index contributed by atoms with van der Waals surface area (Å²) in [6.45, 7) is 3.35. The lowest BCUT2D eigenvalue weighted by Gasteiger charge is -2.22. The molecule has 0 aliphatic rings. The molecular formula is C10H16FN3O2S. The Balaban J connectivity index is 3.13. The minimum absolute atomic E-state index is 0.234. The lowest BCUT2D eigenvalue weighted by atomic mass is 10.2. The molecule has 0 aromatic heterocycles. The van der Waals surface area contributed by atoms with E-state index in [1.54, 1.807) is 4.90 Å². The fourth-order valence-corrected chi connectivity index (χ4v) is 2.05. The maximum atomic E-state index is 13.7. The van der Waals surface area contributed by atoms with Gasteiger partial charge in [0, 0.05) is 19.6 Å². The monoisotopic (exact) mass is 261 g/mol. The molecule has 0 atom stereocenters. The standard InChI is InChI=1S/C10H16FN3O2S/c1-2-14(6-5-12)10-4-3-8(7-9(10)11)17(13,15)16/h3-4,7H,2,5-6,12H2,1H3,(H2,13,15,16). The van der Waals surface area contributed by atoms with Gasteiger partial charge in [0.25, 0.3) is 0 Å². The highest BCUT2D eigenvalue weighted by Gasteiger charge is 2.14. The Kier molecular flexibility index (Phi) is 4.44. The molecule has 1 aromatic rings. The van der Waals surface area contributed by atoms with Gasteiger partial charge in [0.05, 0.1) is 10.6 Å². The zero-order valence-electron chi connectivity index (χ0n) is 9.56. The summed E-state index contributed by atoms with van der Waals surface area (Å²) >= 11 is 0. The van der Waals surface area contributed by atoms with E-state index in [-0.39, 0.29) is 4.90 Å². The van der Waals surface area contributed by atoms with Crippen LogP contribution in [0.5, 0.6) is 0 Å². The van der Waals surface area contributed by atoms with Crippen LogP contribution in [0.2, 0.25) is 0 Å². The van der Waals surface area contributed by atoms with Crippen molar-refractivity contribution in [2.24, 2.45) is 10.9 Å². The van der Waals surface area contributed by atoms with Crippen LogP contribution in [0.4, 0.5) is 10.1 Å². The Morgan fingerprint density at radius 2 is 2.06 bits per heavy atom. The fourth-order valence-electron chi connectivity index (χ4n) is 1.53. The molecule has 0 aliphatic heterocycles. The number of likely N-dealkylation sites (N-methyl/N-ethyl adjacent to an activating group) is 1. The Labute approximate surface area is 100 Å². The Hall–Kier alpha value is -1.18. The largest absolute Gasteiger partial charge is 0.368 e. The molecule has 0 bridgehead atoms. The molecule has 17 heavy (non-hydrogen) atoms. The van der Waals surface area contributed by atoms with Crippen molar-refractivity contribution in [2.75, 3.05) is 24.5 Å². The molecule has 0 amide bonds. The van der Waals surface area contributed by atoms with E-state index in [1.165, 1.54) is 12.1 Å². The maximum absolute atomic E-state index is 13.7. The minimum Gasteiger partial charge on any atom is -0.368 e. The van der Waals surface area contributed by atoms with Crippen molar-refractivity contribution in [1.82, 2.24) is 0 Å². The molecule has 0 unspecified atom stereocenters. The third-order valence-corrected chi connectivity index (χ3v) is 3.28. The SMILES string of the molecule is CCN(CCN)c1ccc(S(N)(=O)=O)cc1F. The molecule has 0 spiro atoms. The second-order valence-electron chi connectivity index (χ2n) is 3.53. The molecule has 0 radical (unpaired) electrons. The number of primary sulfonamides is 1. The van der Waals surface area contributed by atoms with Gasteiger partial charge in [0.1, 0.15) is 5.82 Å². The fraction of sp³-hybridized carbons (Fsp3) is 0.400. The molecule has 96 valence electrons. The van der Waals surface area contributed by atoms with E-state index in [9.17, 15) is 12.8 Å². The number of sulfonamides is 1. The summed E-state index contributed by atoms with van der Waals surface area (Å²) < 4.78 is 35.8. The van der Waals surface area contributed by atoms with Gasteiger partial charge in [0.2, 0.25) is 10.0 Å². The number of hydrogen-bond acceptors (Lipinski definition) is 4. The average Bonchev–Trinajstić information content (AvgIpc) is 2.25. The number of benzene rings is 1. The summed E-state index contributed by atoms with van der Waals surface area (Å²) in [6, 6.07) is 3.60. The number of rotatable bonds is 5. The summed E-state index contributed by atoms with van der Waals surface area (Å²) in [5.41, 5.74) is 5.74. The van der Waals surface area contributed by atoms with Gasteiger partial charge in [-0.2, -0.15) is 0 Å². The number of halogens is 1. The third kappa shape index (κ3) is 3.39. The van der Waals surface area contributed by atoms with Crippen LogP contribution in [-0.4, -0.2) is 28.1 Å². The Morgan fingerprint density at radius 3 is 2.47 bits per heavy atom. The zero-order chi connectivity index (χ0) is 13.1. The number of nitrogens with two attached hydrogens (primary N) is 2. The topological polar surface area (TPSA) is 89.4 Å². The van der Waals surface area contributed by atoms with Crippen molar-refractivity contribution in [3.63, 3.8) is 0 Å². The van der Waals surface area contributed by atoms with E-state index in [0.717, 1.165) is 6.07 Å². The summed E-state index contributed by atoms with van der Waals surface area (Å²) in [6.07, 6.45) is 0. The van der Waals surface area contributed by atoms with Crippen LogP contribution in [0.1, 0.15) is 6.92 Å². The highest BCUT2D eigenvalue weighted by atomic mass is 32.2.